The molecule has 18 heavy (non-hydrogen) atoms. The number of nitrogens with one attached hydrogen (secondary N) is 1. The molecule has 1 aliphatic rings. The lowest BCUT2D eigenvalue weighted by Gasteiger charge is -2.21. The molecule has 1 atom stereocenters. The Hall–Kier alpha value is -0.830. The highest BCUT2D eigenvalue weighted by Crippen LogP contribution is 2.26. The monoisotopic (exact) mass is 255 g/mol. The van der Waals surface area contributed by atoms with E-state index in [1.807, 2.05) is 6.08 Å². The van der Waals surface area contributed by atoms with Crippen LogP contribution in [0, 0.1) is 5.41 Å². The van der Waals surface area contributed by atoms with Crippen LogP contribution in [-0.2, 0) is 9.53 Å². The van der Waals surface area contributed by atoms with Gasteiger partial charge in [0.05, 0.1) is 6.61 Å². The Balaban J connectivity index is 0.00000324. The van der Waals surface area contributed by atoms with Gasteiger partial charge in [-0.3, -0.25) is 4.79 Å². The van der Waals surface area contributed by atoms with Crippen LogP contribution in [0.25, 0.3) is 0 Å². The third-order valence-electron chi connectivity index (χ3n) is 3.48. The van der Waals surface area contributed by atoms with Gasteiger partial charge in [-0.05, 0) is 25.3 Å². The van der Waals surface area contributed by atoms with Crippen molar-refractivity contribution in [3.8, 4) is 0 Å². The molecule has 1 amide bonds. The Labute approximate surface area is 112 Å². The molecule has 1 rings (SSSR count). The molecule has 0 aliphatic carbocycles. The van der Waals surface area contributed by atoms with E-state index in [0.717, 1.165) is 26.1 Å². The molecule has 1 unspecified atom stereocenters. The highest BCUT2D eigenvalue weighted by atomic mass is 16.5. The summed E-state index contributed by atoms with van der Waals surface area (Å²) in [6, 6.07) is 0. The van der Waals surface area contributed by atoms with Crippen molar-refractivity contribution >= 4 is 5.91 Å². The molecule has 0 aromatic carbocycles. The second-order valence-electron chi connectivity index (χ2n) is 5.58. The van der Waals surface area contributed by atoms with Crippen molar-refractivity contribution in [2.24, 2.45) is 5.41 Å². The molecule has 1 fully saturated rings. The predicted molar refractivity (Wildman–Crippen MR) is 76.6 cm³/mol. The van der Waals surface area contributed by atoms with Crippen molar-refractivity contribution in [3.05, 3.63) is 12.2 Å². The molecule has 1 N–H and O–H groups in total. The maximum atomic E-state index is 11.6. The van der Waals surface area contributed by atoms with Crippen molar-refractivity contribution in [2.45, 2.75) is 52.4 Å². The summed E-state index contributed by atoms with van der Waals surface area (Å²) in [5, 5.41) is 2.96. The summed E-state index contributed by atoms with van der Waals surface area (Å²) in [5.74, 6) is 0.0265. The van der Waals surface area contributed by atoms with Crippen molar-refractivity contribution in [3.63, 3.8) is 0 Å². The van der Waals surface area contributed by atoms with Gasteiger partial charge in [-0.2, -0.15) is 0 Å². The average Bonchev–Trinajstić information content (AvgIpc) is 2.79. The summed E-state index contributed by atoms with van der Waals surface area (Å²) in [6.07, 6.45) is 10.7. The van der Waals surface area contributed by atoms with Crippen LogP contribution in [0.5, 0.6) is 0 Å². The molecule has 0 radical (unpaired) electrons. The lowest BCUT2D eigenvalue weighted by Crippen LogP contribution is -2.35. The van der Waals surface area contributed by atoms with Gasteiger partial charge < -0.3 is 10.1 Å². The first-order valence-corrected chi connectivity index (χ1v) is 7.18. The van der Waals surface area contributed by atoms with E-state index >= 15 is 0 Å². The second kappa shape index (κ2) is 8.30. The van der Waals surface area contributed by atoms with Crippen molar-refractivity contribution in [1.82, 2.24) is 5.32 Å². The zero-order valence-electron chi connectivity index (χ0n) is 11.8. The number of rotatable bonds is 8. The molecule has 106 valence electrons. The maximum Gasteiger partial charge on any atom is 0.243 e. The van der Waals surface area contributed by atoms with Gasteiger partial charge >= 0.3 is 0 Å². The molecule has 1 aliphatic heterocycles. The van der Waals surface area contributed by atoms with E-state index in [0.29, 0.717) is 6.54 Å². The SMILES string of the molecule is CCCCCC/C=C/C(=O)NCC1(C)CCOC1.[HH]. The molecule has 3 heteroatoms. The molecule has 1 saturated heterocycles. The number of hydrogen-bond acceptors (Lipinski definition) is 2. The van der Waals surface area contributed by atoms with Gasteiger partial charge in [-0.1, -0.05) is 39.2 Å². The summed E-state index contributed by atoms with van der Waals surface area (Å²) in [4.78, 5) is 11.6. The molecule has 1 heterocycles. The van der Waals surface area contributed by atoms with Crippen LogP contribution in [0.1, 0.15) is 53.8 Å². The lowest BCUT2D eigenvalue weighted by atomic mass is 9.90. The summed E-state index contributed by atoms with van der Waals surface area (Å²) in [5.41, 5.74) is 0.130. The quantitative estimate of drug-likeness (QED) is 0.534. The third-order valence-corrected chi connectivity index (χ3v) is 3.48. The number of hydrogen-bond donors (Lipinski definition) is 1. The van der Waals surface area contributed by atoms with E-state index < -0.39 is 0 Å². The van der Waals surface area contributed by atoms with Crippen LogP contribution in [0.4, 0.5) is 0 Å². The maximum absolute atomic E-state index is 11.6. The Kier molecular flexibility index (Phi) is 7.02. The lowest BCUT2D eigenvalue weighted by molar-refractivity contribution is -0.117. The zero-order chi connectivity index (χ0) is 13.3. The first kappa shape index (κ1) is 15.2. The van der Waals surface area contributed by atoms with Crippen LogP contribution in [-0.4, -0.2) is 25.7 Å². The number of amides is 1. The number of unbranched alkanes of at least 4 members (excludes halogenated alkanes) is 4. The van der Waals surface area contributed by atoms with Gasteiger partial charge in [0.1, 0.15) is 0 Å². The molecular formula is C15H29NO2. The Bertz CT molecular complexity index is 273. The predicted octanol–water partition coefficient (Wildman–Crippen LogP) is 3.30. The average molecular weight is 255 g/mol. The summed E-state index contributed by atoms with van der Waals surface area (Å²) in [6.45, 7) is 6.66. The van der Waals surface area contributed by atoms with Crippen molar-refractivity contribution < 1.29 is 11.0 Å². The van der Waals surface area contributed by atoms with Crippen LogP contribution in [0.15, 0.2) is 12.2 Å². The Morgan fingerprint density at radius 1 is 1.44 bits per heavy atom. The zero-order valence-corrected chi connectivity index (χ0v) is 11.8. The van der Waals surface area contributed by atoms with Gasteiger partial charge in [-0.25, -0.2) is 0 Å². The van der Waals surface area contributed by atoms with Crippen molar-refractivity contribution in [2.75, 3.05) is 19.8 Å². The van der Waals surface area contributed by atoms with Crippen molar-refractivity contribution in [1.29, 1.82) is 0 Å². The van der Waals surface area contributed by atoms with Gasteiger partial charge in [0.15, 0.2) is 0 Å². The van der Waals surface area contributed by atoms with Gasteiger partial charge in [0.25, 0.3) is 0 Å². The summed E-state index contributed by atoms with van der Waals surface area (Å²) < 4.78 is 5.36. The molecule has 0 spiro atoms. The van der Waals surface area contributed by atoms with E-state index in [1.165, 1.54) is 25.7 Å². The fourth-order valence-corrected chi connectivity index (χ4v) is 2.09. The standard InChI is InChI=1S/C15H27NO2.H2/c1-3-4-5-6-7-8-9-14(17)16-12-15(2)10-11-18-13-15;/h8-9H,3-7,10-13H2,1-2H3,(H,16,17);1H/b9-8+;. The van der Waals surface area contributed by atoms with Crippen LogP contribution in [0.3, 0.4) is 0 Å². The molecule has 3 nitrogen and oxygen atoms in total. The first-order chi connectivity index (χ1) is 8.66. The molecule has 0 saturated carbocycles. The number of allylic oxidation sites excluding steroid dienone is 1. The normalized spacial score (nSPS) is 23.7. The smallest absolute Gasteiger partial charge is 0.243 e. The first-order valence-electron chi connectivity index (χ1n) is 7.18. The van der Waals surface area contributed by atoms with Gasteiger partial charge in [0.2, 0.25) is 5.91 Å². The highest BCUT2D eigenvalue weighted by molar-refractivity contribution is 5.87. The van der Waals surface area contributed by atoms with E-state index in [-0.39, 0.29) is 12.7 Å². The third kappa shape index (κ3) is 6.20. The molecule has 0 aromatic rings. The topological polar surface area (TPSA) is 38.3 Å². The minimum atomic E-state index is 0. The fraction of sp³-hybridized carbons (Fsp3) is 0.800. The Morgan fingerprint density at radius 3 is 2.94 bits per heavy atom. The fourth-order valence-electron chi connectivity index (χ4n) is 2.09. The van der Waals surface area contributed by atoms with E-state index in [4.69, 9.17) is 4.74 Å². The van der Waals surface area contributed by atoms with Crippen LogP contribution in [0.2, 0.25) is 0 Å². The van der Waals surface area contributed by atoms with E-state index in [2.05, 4.69) is 19.2 Å². The van der Waals surface area contributed by atoms with E-state index in [1.54, 1.807) is 6.08 Å². The number of ether oxygens (including phenoxy) is 1. The highest BCUT2D eigenvalue weighted by Gasteiger charge is 2.29. The largest absolute Gasteiger partial charge is 0.381 e. The summed E-state index contributed by atoms with van der Waals surface area (Å²) in [7, 11) is 0. The number of carbonyl (C=O) groups excluding carboxylic acids is 1. The molecular weight excluding hydrogens is 226 g/mol. The molecule has 0 bridgehead atoms. The molecule has 0 aromatic heterocycles. The Morgan fingerprint density at radius 2 is 2.28 bits per heavy atom. The van der Waals surface area contributed by atoms with Gasteiger partial charge in [0, 0.05) is 20.0 Å². The minimum Gasteiger partial charge on any atom is -0.381 e. The van der Waals surface area contributed by atoms with Crippen LogP contribution < -0.4 is 5.32 Å². The number of carbonyl (C=O) groups is 1. The van der Waals surface area contributed by atoms with Crippen LogP contribution >= 0.6 is 0 Å². The van der Waals surface area contributed by atoms with E-state index in [9.17, 15) is 4.79 Å². The summed E-state index contributed by atoms with van der Waals surface area (Å²) >= 11 is 0. The second-order valence-corrected chi connectivity index (χ2v) is 5.58. The minimum absolute atomic E-state index is 0. The van der Waals surface area contributed by atoms with Gasteiger partial charge in [-0.15, -0.1) is 0 Å².